The molecule has 11 rings (SSSR count). The third kappa shape index (κ3) is 7.56. The number of nitrogens with zero attached hydrogens (tertiary/aromatic N) is 2. The number of aromatic nitrogens is 3. The van der Waals surface area contributed by atoms with Gasteiger partial charge in [-0.05, 0) is 105 Å². The van der Waals surface area contributed by atoms with Crippen LogP contribution in [0.25, 0.3) is 78.7 Å². The molecule has 5 heteroatoms. The molecule has 0 saturated heterocycles. The second kappa shape index (κ2) is 16.8. The number of nitrogens with one attached hydrogen (secondary N) is 2. The molecule has 0 saturated carbocycles. The zero-order valence-corrected chi connectivity index (χ0v) is 37.8. The fourth-order valence-electron chi connectivity index (χ4n) is 9.19. The highest BCUT2D eigenvalue weighted by Gasteiger charge is 2.29. The van der Waals surface area contributed by atoms with Gasteiger partial charge in [0, 0.05) is 61.4 Å². The lowest BCUT2D eigenvalue weighted by Crippen LogP contribution is -2.22. The maximum atomic E-state index is 5.62. The van der Waals surface area contributed by atoms with Crippen LogP contribution in [0.15, 0.2) is 187 Å². The van der Waals surface area contributed by atoms with E-state index in [-0.39, 0.29) is 0 Å². The molecule has 0 atom stereocenters. The number of rotatable bonds is 7. The SMILES string of the molecule is Cc1ccc(-c2c3nc(c(-c4ccc(C)cc4)c4ccc([nH]4)c(-c4ccc(C)cc4)c4c(P(c5ccccc5)c5ccccc5)c(c(-c5ccc(C)cc5)c5ccc2[nH]5)C=N4)C=C3)cc1. The molecular weight excluding hydrogens is 808 g/mol. The van der Waals surface area contributed by atoms with E-state index in [2.05, 4.69) is 238 Å². The van der Waals surface area contributed by atoms with Gasteiger partial charge in [-0.3, -0.25) is 4.99 Å². The monoisotopic (exact) mass is 854 g/mol. The van der Waals surface area contributed by atoms with Crippen molar-refractivity contribution in [1.29, 1.82) is 0 Å². The van der Waals surface area contributed by atoms with Crippen molar-refractivity contribution in [2.75, 3.05) is 0 Å². The Morgan fingerprint density at radius 1 is 0.369 bits per heavy atom. The molecule has 0 spiro atoms. The predicted molar refractivity (Wildman–Crippen MR) is 279 cm³/mol. The summed E-state index contributed by atoms with van der Waals surface area (Å²) in [5.41, 5.74) is 21.3. The van der Waals surface area contributed by atoms with E-state index in [9.17, 15) is 0 Å². The summed E-state index contributed by atoms with van der Waals surface area (Å²) in [6, 6.07) is 66.4. The zero-order valence-electron chi connectivity index (χ0n) is 36.9. The molecule has 65 heavy (non-hydrogen) atoms. The predicted octanol–water partition coefficient (Wildman–Crippen LogP) is 14.5. The van der Waals surface area contributed by atoms with Crippen LogP contribution in [-0.2, 0) is 0 Å². The van der Waals surface area contributed by atoms with Gasteiger partial charge in [-0.15, -0.1) is 0 Å². The van der Waals surface area contributed by atoms with Gasteiger partial charge in [0.25, 0.3) is 0 Å². The minimum absolute atomic E-state index is 0.899. The van der Waals surface area contributed by atoms with E-state index in [1.54, 1.807) is 0 Å². The van der Waals surface area contributed by atoms with Crippen LogP contribution < -0.4 is 15.9 Å². The molecule has 0 fully saturated rings. The van der Waals surface area contributed by atoms with Gasteiger partial charge < -0.3 is 9.97 Å². The van der Waals surface area contributed by atoms with Crippen molar-refractivity contribution in [2.24, 2.45) is 4.99 Å². The average Bonchev–Trinajstić information content (AvgIpc) is 4.18. The quantitative estimate of drug-likeness (QED) is 0.154. The lowest BCUT2D eigenvalue weighted by molar-refractivity contribution is 1.31. The largest absolute Gasteiger partial charge is 0.354 e. The van der Waals surface area contributed by atoms with E-state index >= 15 is 0 Å². The summed E-state index contributed by atoms with van der Waals surface area (Å²) >= 11 is 0. The van der Waals surface area contributed by atoms with Crippen LogP contribution in [0, 0.1) is 27.7 Å². The highest BCUT2D eigenvalue weighted by atomic mass is 31.1. The molecule has 8 bridgehead atoms. The summed E-state index contributed by atoms with van der Waals surface area (Å²) in [5.74, 6) is 0. The number of hydrogen-bond acceptors (Lipinski definition) is 2. The smallest absolute Gasteiger partial charge is 0.0819 e. The summed E-state index contributed by atoms with van der Waals surface area (Å²) in [6.07, 6.45) is 6.48. The van der Waals surface area contributed by atoms with E-state index < -0.39 is 7.92 Å². The molecule has 2 aliphatic rings. The Bertz CT molecular complexity index is 3240. The minimum Gasteiger partial charge on any atom is -0.354 e. The number of aryl methyl sites for hydroxylation is 4. The van der Waals surface area contributed by atoms with Gasteiger partial charge in [0.05, 0.1) is 17.1 Å². The van der Waals surface area contributed by atoms with Gasteiger partial charge >= 0.3 is 0 Å². The van der Waals surface area contributed by atoms with Crippen molar-refractivity contribution in [3.05, 3.63) is 221 Å². The van der Waals surface area contributed by atoms with E-state index in [0.29, 0.717) is 0 Å². The van der Waals surface area contributed by atoms with Crippen molar-refractivity contribution < 1.29 is 0 Å². The number of aromatic amines is 2. The first-order valence-electron chi connectivity index (χ1n) is 22.2. The van der Waals surface area contributed by atoms with Crippen molar-refractivity contribution in [2.45, 2.75) is 27.7 Å². The van der Waals surface area contributed by atoms with Gasteiger partial charge in [-0.1, -0.05) is 180 Å². The second-order valence-electron chi connectivity index (χ2n) is 17.1. The molecule has 3 aromatic heterocycles. The normalized spacial score (nSPS) is 12.0. The minimum atomic E-state index is -1.15. The third-order valence-electron chi connectivity index (χ3n) is 12.5. The number of aliphatic imine (C=N–C) groups is 1. The van der Waals surface area contributed by atoms with Crippen LogP contribution in [-0.4, -0.2) is 21.2 Å². The summed E-state index contributed by atoms with van der Waals surface area (Å²) in [7, 11) is -1.15. The van der Waals surface area contributed by atoms with Gasteiger partial charge in [0.15, 0.2) is 0 Å². The number of H-pyrrole nitrogens is 2. The maximum Gasteiger partial charge on any atom is 0.0819 e. The lowest BCUT2D eigenvalue weighted by Gasteiger charge is -2.22. The third-order valence-corrected chi connectivity index (χ3v) is 15.1. The number of fused-ring (bicyclic) bond motifs is 8. The number of hydrogen-bond donors (Lipinski definition) is 2. The molecule has 0 amide bonds. The lowest BCUT2D eigenvalue weighted by atomic mass is 9.99. The van der Waals surface area contributed by atoms with Crippen LogP contribution >= 0.6 is 7.92 Å². The maximum absolute atomic E-state index is 5.62. The standard InChI is InChI=1S/C60H47N4P/c1-38-15-23-42(24-16-38)55-48-37-61-59(60(48)65(46-11-7-5-8-12-46)47-13-9-6-10-14-47)58(45-29-21-41(4)22-30-45)54-36-35-53(64-54)57(44-27-19-40(3)20-28-44)52-34-33-51(63-52)56(50-32-31-49(55)62-50)43-25-17-39(2)18-26-43/h5-37,62,64H,1-4H3. The van der Waals surface area contributed by atoms with Crippen LogP contribution in [0.2, 0.25) is 0 Å². The van der Waals surface area contributed by atoms with Gasteiger partial charge in [0.1, 0.15) is 0 Å². The highest BCUT2D eigenvalue weighted by molar-refractivity contribution is 7.80. The molecule has 0 radical (unpaired) electrons. The van der Waals surface area contributed by atoms with Crippen LogP contribution in [0.1, 0.15) is 39.2 Å². The molecule has 6 aromatic carbocycles. The van der Waals surface area contributed by atoms with Crippen LogP contribution in [0.3, 0.4) is 0 Å². The van der Waals surface area contributed by atoms with Crippen LogP contribution in [0.5, 0.6) is 0 Å². The summed E-state index contributed by atoms with van der Waals surface area (Å²) in [5, 5.41) is 3.71. The summed E-state index contributed by atoms with van der Waals surface area (Å²) in [4.78, 5) is 19.1. The molecule has 2 N–H and O–H groups in total. The Kier molecular flexibility index (Phi) is 10.4. The zero-order chi connectivity index (χ0) is 44.0. The topological polar surface area (TPSA) is 56.8 Å². The first kappa shape index (κ1) is 40.1. The fraction of sp³-hybridized carbons (Fsp3) is 0.0667. The Balaban J connectivity index is 1.40. The average molecular weight is 855 g/mol. The Morgan fingerprint density at radius 3 is 1.14 bits per heavy atom. The molecule has 5 heterocycles. The van der Waals surface area contributed by atoms with E-state index in [1.165, 1.54) is 38.2 Å². The highest BCUT2D eigenvalue weighted by Crippen LogP contribution is 2.47. The first-order chi connectivity index (χ1) is 31.9. The molecule has 312 valence electrons. The first-order valence-corrected chi connectivity index (χ1v) is 23.6. The molecule has 9 aromatic rings. The molecule has 2 aliphatic heterocycles. The fourth-order valence-corrected chi connectivity index (χ4v) is 11.7. The molecule has 0 aliphatic carbocycles. The molecular formula is C60H47N4P. The van der Waals surface area contributed by atoms with Crippen molar-refractivity contribution >= 4 is 70.0 Å². The molecule has 0 unspecified atom stereocenters. The van der Waals surface area contributed by atoms with Crippen LogP contribution in [0.4, 0.5) is 5.69 Å². The van der Waals surface area contributed by atoms with E-state index in [4.69, 9.17) is 9.98 Å². The second-order valence-corrected chi connectivity index (χ2v) is 19.3. The Labute approximate surface area is 381 Å². The van der Waals surface area contributed by atoms with E-state index in [0.717, 1.165) is 89.2 Å². The van der Waals surface area contributed by atoms with Gasteiger partial charge in [0.2, 0.25) is 0 Å². The van der Waals surface area contributed by atoms with Crippen molar-refractivity contribution in [1.82, 2.24) is 15.0 Å². The summed E-state index contributed by atoms with van der Waals surface area (Å²) in [6.45, 7) is 8.57. The van der Waals surface area contributed by atoms with Gasteiger partial charge in [-0.2, -0.15) is 0 Å². The Morgan fingerprint density at radius 2 is 0.723 bits per heavy atom. The number of benzene rings is 6. The van der Waals surface area contributed by atoms with Crippen molar-refractivity contribution in [3.8, 4) is 44.5 Å². The van der Waals surface area contributed by atoms with Gasteiger partial charge in [-0.25, -0.2) is 4.98 Å². The summed E-state index contributed by atoms with van der Waals surface area (Å²) < 4.78 is 0. The van der Waals surface area contributed by atoms with Crippen molar-refractivity contribution in [3.63, 3.8) is 0 Å². The molecule has 4 nitrogen and oxygen atoms in total. The Hall–Kier alpha value is -7.65. The van der Waals surface area contributed by atoms with E-state index in [1.807, 2.05) is 0 Å².